The van der Waals surface area contributed by atoms with E-state index in [0.717, 1.165) is 23.7 Å². The predicted molar refractivity (Wildman–Crippen MR) is 87.3 cm³/mol. The first-order valence-electron chi connectivity index (χ1n) is 8.00. The molecule has 2 unspecified atom stereocenters. The van der Waals surface area contributed by atoms with E-state index in [1.807, 2.05) is 17.8 Å². The molecule has 116 valence electrons. The normalized spacial score (nSPS) is 25.6. The third-order valence-electron chi connectivity index (χ3n) is 4.95. The predicted octanol–water partition coefficient (Wildman–Crippen LogP) is 3.68. The highest BCUT2D eigenvalue weighted by molar-refractivity contribution is 7.99. The Kier molecular flexibility index (Phi) is 4.87. The van der Waals surface area contributed by atoms with Gasteiger partial charge >= 0.3 is 0 Å². The standard InChI is InChI=1S/C17H25FN2S/c1-12(13-5-8-20(2)9-6-13)19-16-7-10-21-17-4-3-14(18)11-15(16)17/h3-4,11-13,16,19H,5-10H2,1-2H3. The number of thioether (sulfide) groups is 1. The van der Waals surface area contributed by atoms with E-state index in [2.05, 4.69) is 24.2 Å². The van der Waals surface area contributed by atoms with Crippen molar-refractivity contribution in [1.29, 1.82) is 0 Å². The van der Waals surface area contributed by atoms with E-state index in [1.54, 1.807) is 12.1 Å². The Labute approximate surface area is 131 Å². The second kappa shape index (κ2) is 6.67. The number of likely N-dealkylation sites (tertiary alicyclic amines) is 1. The van der Waals surface area contributed by atoms with Crippen LogP contribution in [0.5, 0.6) is 0 Å². The molecule has 1 N–H and O–H groups in total. The van der Waals surface area contributed by atoms with Crippen molar-refractivity contribution in [2.75, 3.05) is 25.9 Å². The first-order chi connectivity index (χ1) is 10.1. The number of halogens is 1. The number of benzene rings is 1. The summed E-state index contributed by atoms with van der Waals surface area (Å²) in [5, 5.41) is 3.79. The molecule has 2 heterocycles. The molecule has 0 aromatic heterocycles. The number of hydrogen-bond acceptors (Lipinski definition) is 3. The lowest BCUT2D eigenvalue weighted by Crippen LogP contribution is -2.42. The largest absolute Gasteiger partial charge is 0.307 e. The van der Waals surface area contributed by atoms with Crippen LogP contribution < -0.4 is 5.32 Å². The third-order valence-corrected chi connectivity index (χ3v) is 6.07. The average Bonchev–Trinajstić information content (AvgIpc) is 2.48. The summed E-state index contributed by atoms with van der Waals surface area (Å²) in [6.45, 7) is 4.70. The van der Waals surface area contributed by atoms with Crippen LogP contribution in [0.4, 0.5) is 4.39 Å². The van der Waals surface area contributed by atoms with Gasteiger partial charge in [0.2, 0.25) is 0 Å². The quantitative estimate of drug-likeness (QED) is 0.917. The Morgan fingerprint density at radius 3 is 2.81 bits per heavy atom. The van der Waals surface area contributed by atoms with Crippen molar-refractivity contribution in [2.45, 2.75) is 43.2 Å². The van der Waals surface area contributed by atoms with Gasteiger partial charge in [-0.15, -0.1) is 11.8 Å². The van der Waals surface area contributed by atoms with Crippen LogP contribution in [0.2, 0.25) is 0 Å². The molecule has 2 aliphatic heterocycles. The Morgan fingerprint density at radius 1 is 1.29 bits per heavy atom. The van der Waals surface area contributed by atoms with Gasteiger partial charge in [0.15, 0.2) is 0 Å². The summed E-state index contributed by atoms with van der Waals surface area (Å²) in [6, 6.07) is 6.05. The zero-order valence-electron chi connectivity index (χ0n) is 12.9. The van der Waals surface area contributed by atoms with Gasteiger partial charge in [-0.05, 0) is 81.8 Å². The summed E-state index contributed by atoms with van der Waals surface area (Å²) in [7, 11) is 2.20. The second-order valence-corrected chi connectivity index (χ2v) is 7.60. The van der Waals surface area contributed by atoms with Gasteiger partial charge in [-0.2, -0.15) is 0 Å². The number of piperidine rings is 1. The number of fused-ring (bicyclic) bond motifs is 1. The van der Waals surface area contributed by atoms with E-state index < -0.39 is 0 Å². The molecule has 21 heavy (non-hydrogen) atoms. The Morgan fingerprint density at radius 2 is 2.05 bits per heavy atom. The average molecular weight is 308 g/mol. The van der Waals surface area contributed by atoms with Crippen molar-refractivity contribution in [2.24, 2.45) is 5.92 Å². The first kappa shape index (κ1) is 15.3. The molecule has 1 aromatic carbocycles. The Hall–Kier alpha value is -0.580. The lowest BCUT2D eigenvalue weighted by molar-refractivity contribution is 0.183. The molecule has 1 saturated heterocycles. The SMILES string of the molecule is CC(NC1CCSc2ccc(F)cc21)C1CCN(C)CC1. The zero-order chi connectivity index (χ0) is 14.8. The smallest absolute Gasteiger partial charge is 0.123 e. The Balaban J connectivity index is 1.67. The summed E-state index contributed by atoms with van der Waals surface area (Å²) >= 11 is 1.85. The van der Waals surface area contributed by atoms with Crippen LogP contribution >= 0.6 is 11.8 Å². The van der Waals surface area contributed by atoms with Gasteiger partial charge in [-0.3, -0.25) is 0 Å². The van der Waals surface area contributed by atoms with E-state index in [9.17, 15) is 4.39 Å². The van der Waals surface area contributed by atoms with Gasteiger partial charge in [0.1, 0.15) is 5.82 Å². The molecule has 0 radical (unpaired) electrons. The fraction of sp³-hybridized carbons (Fsp3) is 0.647. The van der Waals surface area contributed by atoms with E-state index >= 15 is 0 Å². The van der Waals surface area contributed by atoms with Crippen molar-refractivity contribution in [3.8, 4) is 0 Å². The molecule has 0 spiro atoms. The molecule has 0 bridgehead atoms. The minimum atomic E-state index is -0.116. The number of rotatable bonds is 3. The van der Waals surface area contributed by atoms with E-state index in [0.29, 0.717) is 12.1 Å². The summed E-state index contributed by atoms with van der Waals surface area (Å²) in [5.41, 5.74) is 1.16. The zero-order valence-corrected chi connectivity index (χ0v) is 13.8. The van der Waals surface area contributed by atoms with Crippen LogP contribution in [0, 0.1) is 11.7 Å². The topological polar surface area (TPSA) is 15.3 Å². The van der Waals surface area contributed by atoms with Crippen LogP contribution in [0.15, 0.2) is 23.1 Å². The van der Waals surface area contributed by atoms with E-state index in [4.69, 9.17) is 0 Å². The number of hydrogen-bond donors (Lipinski definition) is 1. The maximum absolute atomic E-state index is 13.6. The van der Waals surface area contributed by atoms with Gasteiger partial charge in [-0.1, -0.05) is 0 Å². The van der Waals surface area contributed by atoms with Gasteiger partial charge in [0, 0.05) is 17.0 Å². The molecular formula is C17H25FN2S. The molecule has 3 rings (SSSR count). The number of nitrogens with zero attached hydrogens (tertiary/aromatic N) is 1. The van der Waals surface area contributed by atoms with Crippen molar-refractivity contribution < 1.29 is 4.39 Å². The fourth-order valence-corrected chi connectivity index (χ4v) is 4.63. The van der Waals surface area contributed by atoms with Crippen LogP contribution in [-0.2, 0) is 0 Å². The van der Waals surface area contributed by atoms with Crippen LogP contribution in [0.1, 0.15) is 37.8 Å². The third kappa shape index (κ3) is 3.61. The summed E-state index contributed by atoms with van der Waals surface area (Å²) in [6.07, 6.45) is 3.63. The minimum absolute atomic E-state index is 0.116. The molecular weight excluding hydrogens is 283 g/mol. The summed E-state index contributed by atoms with van der Waals surface area (Å²) < 4.78 is 13.6. The van der Waals surface area contributed by atoms with Crippen LogP contribution in [-0.4, -0.2) is 36.8 Å². The molecule has 2 nitrogen and oxygen atoms in total. The van der Waals surface area contributed by atoms with E-state index in [1.165, 1.54) is 30.8 Å². The van der Waals surface area contributed by atoms with Gasteiger partial charge in [0.05, 0.1) is 0 Å². The monoisotopic (exact) mass is 308 g/mol. The highest BCUT2D eigenvalue weighted by Crippen LogP contribution is 2.37. The van der Waals surface area contributed by atoms with E-state index in [-0.39, 0.29) is 5.82 Å². The van der Waals surface area contributed by atoms with Crippen LogP contribution in [0.25, 0.3) is 0 Å². The highest BCUT2D eigenvalue weighted by Gasteiger charge is 2.27. The maximum Gasteiger partial charge on any atom is 0.123 e. The molecule has 0 saturated carbocycles. The molecule has 0 amide bonds. The van der Waals surface area contributed by atoms with Crippen molar-refractivity contribution in [3.05, 3.63) is 29.6 Å². The van der Waals surface area contributed by atoms with Crippen molar-refractivity contribution in [1.82, 2.24) is 10.2 Å². The number of nitrogens with one attached hydrogen (secondary N) is 1. The lowest BCUT2D eigenvalue weighted by Gasteiger charge is -2.36. The fourth-order valence-electron chi connectivity index (χ4n) is 3.52. The molecule has 0 aliphatic carbocycles. The molecule has 4 heteroatoms. The lowest BCUT2D eigenvalue weighted by atomic mass is 9.89. The second-order valence-electron chi connectivity index (χ2n) is 6.47. The first-order valence-corrected chi connectivity index (χ1v) is 8.99. The van der Waals surface area contributed by atoms with Crippen LogP contribution in [0.3, 0.4) is 0 Å². The van der Waals surface area contributed by atoms with Gasteiger partial charge in [-0.25, -0.2) is 4.39 Å². The molecule has 1 aromatic rings. The summed E-state index contributed by atoms with van der Waals surface area (Å²) in [5.74, 6) is 1.75. The molecule has 2 aliphatic rings. The highest BCUT2D eigenvalue weighted by atomic mass is 32.2. The van der Waals surface area contributed by atoms with Crippen molar-refractivity contribution in [3.63, 3.8) is 0 Å². The molecule has 2 atom stereocenters. The maximum atomic E-state index is 13.6. The van der Waals surface area contributed by atoms with Crippen molar-refractivity contribution >= 4 is 11.8 Å². The van der Waals surface area contributed by atoms with Gasteiger partial charge in [0.25, 0.3) is 0 Å². The summed E-state index contributed by atoms with van der Waals surface area (Å²) in [4.78, 5) is 3.65. The van der Waals surface area contributed by atoms with Gasteiger partial charge < -0.3 is 10.2 Å². The molecule has 1 fully saturated rings. The minimum Gasteiger partial charge on any atom is -0.307 e. The Bertz CT molecular complexity index is 486.